The number of aliphatic hydroxyl groups is 1. The number of nitrogens with zero attached hydrogens (tertiary/aromatic N) is 3. The SMILES string of the molecule is CC(CC(O)c1ccccc1)NC(=O)Cn1cc(C2CC2)nn1. The van der Waals surface area contributed by atoms with E-state index in [1.807, 2.05) is 43.5 Å². The van der Waals surface area contributed by atoms with E-state index >= 15 is 0 Å². The van der Waals surface area contributed by atoms with Gasteiger partial charge in [0.1, 0.15) is 6.54 Å². The fourth-order valence-corrected chi connectivity index (χ4v) is 2.63. The van der Waals surface area contributed by atoms with Crippen LogP contribution in [0.2, 0.25) is 0 Å². The van der Waals surface area contributed by atoms with Crippen LogP contribution in [0.3, 0.4) is 0 Å². The van der Waals surface area contributed by atoms with Gasteiger partial charge in [-0.1, -0.05) is 35.5 Å². The molecule has 1 saturated carbocycles. The molecule has 0 saturated heterocycles. The molecule has 1 aliphatic carbocycles. The molecule has 0 radical (unpaired) electrons. The highest BCUT2D eigenvalue weighted by atomic mass is 16.3. The van der Waals surface area contributed by atoms with E-state index in [4.69, 9.17) is 0 Å². The van der Waals surface area contributed by atoms with E-state index in [0.29, 0.717) is 12.3 Å². The number of aliphatic hydroxyl groups excluding tert-OH is 1. The third-order valence-corrected chi connectivity index (χ3v) is 4.03. The Bertz CT molecular complexity index is 652. The van der Waals surface area contributed by atoms with E-state index in [2.05, 4.69) is 15.6 Å². The Morgan fingerprint density at radius 3 is 2.83 bits per heavy atom. The Hall–Kier alpha value is -2.21. The van der Waals surface area contributed by atoms with Crippen LogP contribution >= 0.6 is 0 Å². The van der Waals surface area contributed by atoms with Crippen LogP contribution in [0.15, 0.2) is 36.5 Å². The molecule has 2 atom stereocenters. The van der Waals surface area contributed by atoms with Crippen LogP contribution < -0.4 is 5.32 Å². The number of amides is 1. The monoisotopic (exact) mass is 314 g/mol. The molecule has 0 spiro atoms. The van der Waals surface area contributed by atoms with Gasteiger partial charge in [0, 0.05) is 18.2 Å². The van der Waals surface area contributed by atoms with Crippen molar-refractivity contribution in [3.63, 3.8) is 0 Å². The maximum atomic E-state index is 12.1. The molecule has 6 nitrogen and oxygen atoms in total. The molecule has 0 aliphatic heterocycles. The van der Waals surface area contributed by atoms with Crippen molar-refractivity contribution >= 4 is 5.91 Å². The second-order valence-electron chi connectivity index (χ2n) is 6.25. The first-order chi connectivity index (χ1) is 11.1. The van der Waals surface area contributed by atoms with Gasteiger partial charge < -0.3 is 10.4 Å². The highest BCUT2D eigenvalue weighted by Gasteiger charge is 2.26. The van der Waals surface area contributed by atoms with Crippen molar-refractivity contribution in [2.75, 3.05) is 0 Å². The number of nitrogens with one attached hydrogen (secondary N) is 1. The number of hydrogen-bond donors (Lipinski definition) is 2. The molecule has 6 heteroatoms. The molecular formula is C17H22N4O2. The normalized spacial score (nSPS) is 16.8. The lowest BCUT2D eigenvalue weighted by Crippen LogP contribution is -2.36. The molecule has 1 fully saturated rings. The first-order valence-corrected chi connectivity index (χ1v) is 8.04. The lowest BCUT2D eigenvalue weighted by molar-refractivity contribution is -0.122. The van der Waals surface area contributed by atoms with Crippen molar-refractivity contribution in [2.24, 2.45) is 0 Å². The van der Waals surface area contributed by atoms with Gasteiger partial charge in [0.15, 0.2) is 0 Å². The highest BCUT2D eigenvalue weighted by Crippen LogP contribution is 2.38. The molecule has 2 aromatic rings. The summed E-state index contributed by atoms with van der Waals surface area (Å²) < 4.78 is 1.57. The summed E-state index contributed by atoms with van der Waals surface area (Å²) in [5, 5.41) is 21.2. The Morgan fingerprint density at radius 2 is 2.13 bits per heavy atom. The molecule has 1 aromatic heterocycles. The lowest BCUT2D eigenvalue weighted by Gasteiger charge is -2.18. The average Bonchev–Trinajstić information content (AvgIpc) is 3.28. The minimum absolute atomic E-state index is 0.120. The second-order valence-corrected chi connectivity index (χ2v) is 6.25. The fraction of sp³-hybridized carbons (Fsp3) is 0.471. The van der Waals surface area contributed by atoms with Gasteiger partial charge in [-0.25, -0.2) is 4.68 Å². The zero-order valence-corrected chi connectivity index (χ0v) is 13.2. The molecule has 1 heterocycles. The van der Waals surface area contributed by atoms with Gasteiger partial charge in [-0.2, -0.15) is 0 Å². The van der Waals surface area contributed by atoms with E-state index in [0.717, 1.165) is 11.3 Å². The largest absolute Gasteiger partial charge is 0.388 e. The van der Waals surface area contributed by atoms with Gasteiger partial charge in [-0.3, -0.25) is 4.79 Å². The van der Waals surface area contributed by atoms with Crippen LogP contribution in [0.25, 0.3) is 0 Å². The number of hydrogen-bond acceptors (Lipinski definition) is 4. The minimum atomic E-state index is -0.584. The Morgan fingerprint density at radius 1 is 1.39 bits per heavy atom. The van der Waals surface area contributed by atoms with Crippen LogP contribution in [0.4, 0.5) is 0 Å². The van der Waals surface area contributed by atoms with Crippen LogP contribution in [0, 0.1) is 0 Å². The van der Waals surface area contributed by atoms with Crippen LogP contribution in [-0.2, 0) is 11.3 Å². The van der Waals surface area contributed by atoms with Crippen molar-refractivity contribution in [1.29, 1.82) is 0 Å². The van der Waals surface area contributed by atoms with Gasteiger partial charge in [-0.15, -0.1) is 5.10 Å². The zero-order valence-electron chi connectivity index (χ0n) is 13.2. The summed E-state index contributed by atoms with van der Waals surface area (Å²) >= 11 is 0. The summed E-state index contributed by atoms with van der Waals surface area (Å²) in [5.41, 5.74) is 1.84. The predicted octanol–water partition coefficient (Wildman–Crippen LogP) is 1.78. The van der Waals surface area contributed by atoms with Gasteiger partial charge in [0.05, 0.1) is 11.8 Å². The summed E-state index contributed by atoms with van der Waals surface area (Å²) in [6.45, 7) is 2.05. The van der Waals surface area contributed by atoms with E-state index < -0.39 is 6.10 Å². The van der Waals surface area contributed by atoms with Crippen molar-refractivity contribution in [1.82, 2.24) is 20.3 Å². The van der Waals surface area contributed by atoms with Crippen molar-refractivity contribution in [2.45, 2.75) is 50.8 Å². The summed E-state index contributed by atoms with van der Waals surface area (Å²) in [6.07, 6.45) is 4.07. The van der Waals surface area contributed by atoms with E-state index in [9.17, 15) is 9.90 Å². The van der Waals surface area contributed by atoms with Crippen molar-refractivity contribution in [3.05, 3.63) is 47.8 Å². The van der Waals surface area contributed by atoms with Gasteiger partial charge in [-0.05, 0) is 31.7 Å². The van der Waals surface area contributed by atoms with Gasteiger partial charge in [0.25, 0.3) is 0 Å². The third-order valence-electron chi connectivity index (χ3n) is 4.03. The Labute approximate surface area is 135 Å². The van der Waals surface area contributed by atoms with Crippen molar-refractivity contribution < 1.29 is 9.90 Å². The van der Waals surface area contributed by atoms with Gasteiger partial charge in [0.2, 0.25) is 5.91 Å². The maximum Gasteiger partial charge on any atom is 0.242 e. The Kier molecular flexibility index (Phi) is 4.71. The van der Waals surface area contributed by atoms with E-state index in [1.54, 1.807) is 4.68 Å². The van der Waals surface area contributed by atoms with E-state index in [-0.39, 0.29) is 18.5 Å². The lowest BCUT2D eigenvalue weighted by atomic mass is 10.0. The van der Waals surface area contributed by atoms with Crippen LogP contribution in [0.5, 0.6) is 0 Å². The Balaban J connectivity index is 1.46. The number of aromatic nitrogens is 3. The number of carbonyl (C=O) groups excluding carboxylic acids is 1. The third kappa shape index (κ3) is 4.39. The maximum absolute atomic E-state index is 12.1. The first kappa shape index (κ1) is 15.7. The van der Waals surface area contributed by atoms with Crippen LogP contribution in [-0.4, -0.2) is 32.0 Å². The summed E-state index contributed by atoms with van der Waals surface area (Å²) in [5.74, 6) is 0.414. The molecule has 2 unspecified atom stereocenters. The topological polar surface area (TPSA) is 80.0 Å². The molecule has 0 bridgehead atoms. The number of rotatable bonds is 7. The molecule has 1 aromatic carbocycles. The summed E-state index contributed by atoms with van der Waals surface area (Å²) in [7, 11) is 0. The fourth-order valence-electron chi connectivity index (χ4n) is 2.63. The number of benzene rings is 1. The average molecular weight is 314 g/mol. The molecule has 122 valence electrons. The predicted molar refractivity (Wildman–Crippen MR) is 85.6 cm³/mol. The molecule has 1 amide bonds. The molecule has 1 aliphatic rings. The number of carbonyl (C=O) groups is 1. The molecule has 23 heavy (non-hydrogen) atoms. The smallest absolute Gasteiger partial charge is 0.242 e. The summed E-state index contributed by atoms with van der Waals surface area (Å²) in [4.78, 5) is 12.1. The molecular weight excluding hydrogens is 292 g/mol. The van der Waals surface area contributed by atoms with Crippen molar-refractivity contribution in [3.8, 4) is 0 Å². The quantitative estimate of drug-likeness (QED) is 0.816. The standard InChI is InChI=1S/C17H22N4O2/c1-12(9-16(22)14-5-3-2-4-6-14)18-17(23)11-21-10-15(19-20-21)13-7-8-13/h2-6,10,12-13,16,22H,7-9,11H2,1H3,(H,18,23). The zero-order chi connectivity index (χ0) is 16.2. The first-order valence-electron chi connectivity index (χ1n) is 8.04. The van der Waals surface area contributed by atoms with Crippen LogP contribution in [0.1, 0.15) is 49.5 Å². The molecule has 2 N–H and O–H groups in total. The van der Waals surface area contributed by atoms with E-state index in [1.165, 1.54) is 12.8 Å². The second kappa shape index (κ2) is 6.91. The summed E-state index contributed by atoms with van der Waals surface area (Å²) in [6, 6.07) is 9.34. The molecule has 3 rings (SSSR count). The van der Waals surface area contributed by atoms with Gasteiger partial charge >= 0.3 is 0 Å². The highest BCUT2D eigenvalue weighted by molar-refractivity contribution is 5.75. The minimum Gasteiger partial charge on any atom is -0.388 e.